The SMILES string of the molecule is N#Cc1ccccc1-c1ccc(C(=O)O)o1. The van der Waals surface area contributed by atoms with Gasteiger partial charge in [-0.1, -0.05) is 12.1 Å². The van der Waals surface area contributed by atoms with Gasteiger partial charge in [-0.05, 0) is 24.3 Å². The van der Waals surface area contributed by atoms with Crippen LogP contribution in [0, 0.1) is 11.3 Å². The van der Waals surface area contributed by atoms with E-state index >= 15 is 0 Å². The van der Waals surface area contributed by atoms with E-state index in [4.69, 9.17) is 14.8 Å². The van der Waals surface area contributed by atoms with Crippen molar-refractivity contribution < 1.29 is 14.3 Å². The molecule has 0 saturated carbocycles. The Hall–Kier alpha value is -2.54. The van der Waals surface area contributed by atoms with Crippen LogP contribution in [-0.2, 0) is 0 Å². The monoisotopic (exact) mass is 213 g/mol. The maximum Gasteiger partial charge on any atom is 0.371 e. The van der Waals surface area contributed by atoms with Crippen molar-refractivity contribution >= 4 is 5.97 Å². The number of carbonyl (C=O) groups is 1. The fourth-order valence-electron chi connectivity index (χ4n) is 1.39. The Labute approximate surface area is 91.4 Å². The number of aromatic carboxylic acids is 1. The van der Waals surface area contributed by atoms with Crippen LogP contribution >= 0.6 is 0 Å². The molecule has 1 heterocycles. The first kappa shape index (κ1) is 9.99. The second-order valence-corrected chi connectivity index (χ2v) is 3.13. The summed E-state index contributed by atoms with van der Waals surface area (Å²) in [6.07, 6.45) is 0. The average Bonchev–Trinajstić information content (AvgIpc) is 2.78. The number of benzene rings is 1. The smallest absolute Gasteiger partial charge is 0.371 e. The number of carboxylic acid groups (broad SMARTS) is 1. The summed E-state index contributed by atoms with van der Waals surface area (Å²) in [5, 5.41) is 17.6. The van der Waals surface area contributed by atoms with Gasteiger partial charge in [-0.25, -0.2) is 4.79 Å². The van der Waals surface area contributed by atoms with E-state index in [0.29, 0.717) is 16.9 Å². The quantitative estimate of drug-likeness (QED) is 0.831. The predicted octanol–water partition coefficient (Wildman–Crippen LogP) is 2.52. The molecule has 0 aliphatic heterocycles. The zero-order chi connectivity index (χ0) is 11.5. The Bertz CT molecular complexity index is 578. The van der Waals surface area contributed by atoms with Crippen LogP contribution in [0.4, 0.5) is 0 Å². The lowest BCUT2D eigenvalue weighted by atomic mass is 10.1. The van der Waals surface area contributed by atoms with E-state index in [-0.39, 0.29) is 5.76 Å². The van der Waals surface area contributed by atoms with Crippen molar-refractivity contribution in [3.05, 3.63) is 47.7 Å². The molecule has 0 saturated heterocycles. The molecule has 16 heavy (non-hydrogen) atoms. The highest BCUT2D eigenvalue weighted by atomic mass is 16.4. The zero-order valence-corrected chi connectivity index (χ0v) is 8.18. The maximum atomic E-state index is 10.6. The van der Waals surface area contributed by atoms with Crippen molar-refractivity contribution in [1.82, 2.24) is 0 Å². The second kappa shape index (κ2) is 3.91. The first-order valence-corrected chi connectivity index (χ1v) is 4.55. The fraction of sp³-hybridized carbons (Fsp3) is 0. The van der Waals surface area contributed by atoms with Crippen molar-refractivity contribution in [1.29, 1.82) is 5.26 Å². The van der Waals surface area contributed by atoms with E-state index in [1.165, 1.54) is 6.07 Å². The summed E-state index contributed by atoms with van der Waals surface area (Å²) < 4.78 is 5.12. The summed E-state index contributed by atoms with van der Waals surface area (Å²) in [6.45, 7) is 0. The Morgan fingerprint density at radius 1 is 1.25 bits per heavy atom. The third-order valence-corrected chi connectivity index (χ3v) is 2.13. The van der Waals surface area contributed by atoms with Crippen LogP contribution < -0.4 is 0 Å². The normalized spacial score (nSPS) is 9.69. The van der Waals surface area contributed by atoms with Crippen LogP contribution in [0.25, 0.3) is 11.3 Å². The molecule has 2 rings (SSSR count). The highest BCUT2D eigenvalue weighted by molar-refractivity contribution is 5.85. The van der Waals surface area contributed by atoms with Gasteiger partial charge >= 0.3 is 5.97 Å². The molecule has 0 aliphatic carbocycles. The van der Waals surface area contributed by atoms with Crippen LogP contribution in [0.3, 0.4) is 0 Å². The lowest BCUT2D eigenvalue weighted by Gasteiger charge is -1.98. The van der Waals surface area contributed by atoms with Crippen molar-refractivity contribution in [3.63, 3.8) is 0 Å². The van der Waals surface area contributed by atoms with E-state index in [0.717, 1.165) is 0 Å². The summed E-state index contributed by atoms with van der Waals surface area (Å²) in [5.41, 5.74) is 1.05. The van der Waals surface area contributed by atoms with Crippen molar-refractivity contribution in [2.45, 2.75) is 0 Å². The van der Waals surface area contributed by atoms with E-state index in [1.54, 1.807) is 30.3 Å². The van der Waals surface area contributed by atoms with Gasteiger partial charge in [-0.3, -0.25) is 0 Å². The number of furan rings is 1. The van der Waals surface area contributed by atoms with Gasteiger partial charge in [0, 0.05) is 5.56 Å². The Morgan fingerprint density at radius 3 is 2.62 bits per heavy atom. The molecule has 1 N–H and O–H groups in total. The van der Waals surface area contributed by atoms with Crippen LogP contribution in [-0.4, -0.2) is 11.1 Å². The van der Waals surface area contributed by atoms with Crippen LogP contribution in [0.15, 0.2) is 40.8 Å². The molecule has 1 aromatic carbocycles. The standard InChI is InChI=1S/C12H7NO3/c13-7-8-3-1-2-4-9(8)10-5-6-11(16-10)12(14)15/h1-6H,(H,14,15). The zero-order valence-electron chi connectivity index (χ0n) is 8.18. The summed E-state index contributed by atoms with van der Waals surface area (Å²) in [6, 6.07) is 11.8. The molecule has 0 aliphatic rings. The number of hydrogen-bond donors (Lipinski definition) is 1. The lowest BCUT2D eigenvalue weighted by Crippen LogP contribution is -1.91. The third kappa shape index (κ3) is 1.66. The molecular formula is C12H7NO3. The molecular weight excluding hydrogens is 206 g/mol. The van der Waals surface area contributed by atoms with Crippen LogP contribution in [0.2, 0.25) is 0 Å². The van der Waals surface area contributed by atoms with Crippen LogP contribution in [0.1, 0.15) is 16.1 Å². The predicted molar refractivity (Wildman–Crippen MR) is 55.8 cm³/mol. The molecule has 1 aromatic heterocycles. The van der Waals surface area contributed by atoms with E-state index < -0.39 is 5.97 Å². The van der Waals surface area contributed by atoms with Crippen molar-refractivity contribution in [2.24, 2.45) is 0 Å². The van der Waals surface area contributed by atoms with E-state index in [2.05, 4.69) is 0 Å². The molecule has 2 aromatic rings. The molecule has 0 spiro atoms. The van der Waals surface area contributed by atoms with Crippen LogP contribution in [0.5, 0.6) is 0 Å². The summed E-state index contributed by atoms with van der Waals surface area (Å²) in [5.74, 6) is -0.877. The molecule has 0 atom stereocenters. The fourth-order valence-corrected chi connectivity index (χ4v) is 1.39. The number of carboxylic acids is 1. The van der Waals surface area contributed by atoms with Gasteiger partial charge in [-0.2, -0.15) is 5.26 Å². The molecule has 4 nitrogen and oxygen atoms in total. The summed E-state index contributed by atoms with van der Waals surface area (Å²) in [4.78, 5) is 10.6. The summed E-state index contributed by atoms with van der Waals surface area (Å²) >= 11 is 0. The third-order valence-electron chi connectivity index (χ3n) is 2.13. The molecule has 0 amide bonds. The van der Waals surface area contributed by atoms with Gasteiger partial charge in [0.25, 0.3) is 0 Å². The second-order valence-electron chi connectivity index (χ2n) is 3.13. The minimum atomic E-state index is -1.12. The van der Waals surface area contributed by atoms with Crippen molar-refractivity contribution in [2.75, 3.05) is 0 Å². The summed E-state index contributed by atoms with van der Waals surface area (Å²) in [7, 11) is 0. The largest absolute Gasteiger partial charge is 0.475 e. The average molecular weight is 213 g/mol. The first-order chi connectivity index (χ1) is 7.72. The van der Waals surface area contributed by atoms with Gasteiger partial charge in [0.15, 0.2) is 0 Å². The van der Waals surface area contributed by atoms with Gasteiger partial charge in [-0.15, -0.1) is 0 Å². The number of hydrogen-bond acceptors (Lipinski definition) is 3. The first-order valence-electron chi connectivity index (χ1n) is 4.55. The molecule has 0 unspecified atom stereocenters. The number of nitriles is 1. The Morgan fingerprint density at radius 2 is 2.00 bits per heavy atom. The van der Waals surface area contributed by atoms with Crippen molar-refractivity contribution in [3.8, 4) is 17.4 Å². The molecule has 4 heteroatoms. The van der Waals surface area contributed by atoms with Gasteiger partial charge in [0.2, 0.25) is 5.76 Å². The van der Waals surface area contributed by atoms with E-state index in [9.17, 15) is 4.79 Å². The van der Waals surface area contributed by atoms with E-state index in [1.807, 2.05) is 6.07 Å². The highest BCUT2D eigenvalue weighted by Crippen LogP contribution is 2.25. The molecule has 0 fully saturated rings. The van der Waals surface area contributed by atoms with Gasteiger partial charge < -0.3 is 9.52 Å². The maximum absolute atomic E-state index is 10.6. The Balaban J connectivity index is 2.51. The Kier molecular flexibility index (Phi) is 2.44. The molecule has 78 valence electrons. The minimum Gasteiger partial charge on any atom is -0.475 e. The lowest BCUT2D eigenvalue weighted by molar-refractivity contribution is 0.0663. The highest BCUT2D eigenvalue weighted by Gasteiger charge is 2.12. The van der Waals surface area contributed by atoms with Gasteiger partial charge in [0.1, 0.15) is 5.76 Å². The van der Waals surface area contributed by atoms with Gasteiger partial charge in [0.05, 0.1) is 11.6 Å². The number of nitrogens with zero attached hydrogens (tertiary/aromatic N) is 1. The molecule has 0 radical (unpaired) electrons. The topological polar surface area (TPSA) is 74.2 Å². The minimum absolute atomic E-state index is 0.136. The molecule has 0 bridgehead atoms. The number of rotatable bonds is 2.